The molecule has 4 N–H and O–H groups in total. The first-order chi connectivity index (χ1) is 14.8. The number of aromatic hydroxyl groups is 4. The average Bonchev–Trinajstić information content (AvgIpc) is 2.77. The molecular weight excluding hydrogens is 416 g/mol. The van der Waals surface area contributed by atoms with Crippen LogP contribution in [-0.4, -0.2) is 28.8 Å². The zero-order valence-electron chi connectivity index (χ0n) is 16.1. The van der Waals surface area contributed by atoms with Crippen molar-refractivity contribution in [2.45, 2.75) is 9.79 Å². The van der Waals surface area contributed by atoms with Gasteiger partial charge in [0.2, 0.25) is 9.84 Å². The van der Waals surface area contributed by atoms with Gasteiger partial charge in [0.25, 0.3) is 0 Å². The first-order valence-corrected chi connectivity index (χ1v) is 10.7. The van der Waals surface area contributed by atoms with Crippen molar-refractivity contribution in [3.8, 4) is 45.3 Å². The minimum Gasteiger partial charge on any atom is -0.504 e. The van der Waals surface area contributed by atoms with E-state index in [0.29, 0.717) is 22.3 Å². The van der Waals surface area contributed by atoms with Crippen molar-refractivity contribution in [2.24, 2.45) is 0 Å². The van der Waals surface area contributed by atoms with Crippen LogP contribution in [0.1, 0.15) is 0 Å². The second kappa shape index (κ2) is 7.70. The second-order valence-electron chi connectivity index (χ2n) is 6.90. The molecule has 7 heteroatoms. The van der Waals surface area contributed by atoms with Gasteiger partial charge in [-0.1, -0.05) is 48.5 Å². The third kappa shape index (κ3) is 3.67. The number of phenolic OH excluding ortho intramolecular Hbond substituents is 4. The maximum absolute atomic E-state index is 13.7. The molecule has 156 valence electrons. The molecule has 0 radical (unpaired) electrons. The van der Waals surface area contributed by atoms with Crippen LogP contribution in [0.25, 0.3) is 22.3 Å². The van der Waals surface area contributed by atoms with Crippen molar-refractivity contribution in [3.05, 3.63) is 84.9 Å². The van der Waals surface area contributed by atoms with Gasteiger partial charge in [-0.3, -0.25) is 0 Å². The molecule has 0 spiro atoms. The lowest BCUT2D eigenvalue weighted by Crippen LogP contribution is -2.06. The zero-order chi connectivity index (χ0) is 22.2. The molecule has 0 saturated carbocycles. The monoisotopic (exact) mass is 434 g/mol. The standard InChI is InChI=1S/C24H18O6S/c25-19-11-9-15(13-21(19)27)17-5-1-3-7-23(17)31(29,30)24-8-4-2-6-18(24)16-10-12-20(26)22(28)14-16/h1-14,25-28H. The van der Waals surface area contributed by atoms with E-state index >= 15 is 0 Å². The molecule has 4 rings (SSSR count). The molecule has 0 saturated heterocycles. The highest BCUT2D eigenvalue weighted by atomic mass is 32.2. The number of rotatable bonds is 4. The summed E-state index contributed by atoms with van der Waals surface area (Å²) in [7, 11) is -4.03. The smallest absolute Gasteiger partial charge is 0.207 e. The Bertz CT molecular complexity index is 1290. The number of hydrogen-bond acceptors (Lipinski definition) is 6. The third-order valence-corrected chi connectivity index (χ3v) is 6.80. The van der Waals surface area contributed by atoms with E-state index in [1.165, 1.54) is 48.5 Å². The van der Waals surface area contributed by atoms with Crippen LogP contribution in [-0.2, 0) is 9.84 Å². The van der Waals surface area contributed by atoms with Gasteiger partial charge in [0.15, 0.2) is 23.0 Å². The zero-order valence-corrected chi connectivity index (χ0v) is 16.9. The topological polar surface area (TPSA) is 115 Å². The highest BCUT2D eigenvalue weighted by Crippen LogP contribution is 2.39. The number of benzene rings is 4. The Morgan fingerprint density at radius 2 is 0.871 bits per heavy atom. The molecule has 4 aromatic rings. The maximum Gasteiger partial charge on any atom is 0.207 e. The van der Waals surface area contributed by atoms with E-state index in [4.69, 9.17) is 0 Å². The van der Waals surface area contributed by atoms with E-state index < -0.39 is 9.84 Å². The molecule has 0 aliphatic heterocycles. The van der Waals surface area contributed by atoms with Crippen LogP contribution in [0.2, 0.25) is 0 Å². The van der Waals surface area contributed by atoms with E-state index in [0.717, 1.165) is 0 Å². The molecule has 31 heavy (non-hydrogen) atoms. The number of sulfone groups is 1. The molecule has 4 aromatic carbocycles. The summed E-state index contributed by atoms with van der Waals surface area (Å²) in [6, 6.07) is 21.0. The summed E-state index contributed by atoms with van der Waals surface area (Å²) in [5.74, 6) is -1.32. The fraction of sp³-hybridized carbons (Fsp3) is 0. The Hall–Kier alpha value is -3.97. The van der Waals surface area contributed by atoms with Crippen LogP contribution in [0, 0.1) is 0 Å². The predicted octanol–water partition coefficient (Wildman–Crippen LogP) is 4.68. The van der Waals surface area contributed by atoms with Gasteiger partial charge in [0.1, 0.15) is 0 Å². The summed E-state index contributed by atoms with van der Waals surface area (Å²) in [5, 5.41) is 38.9. The molecule has 0 unspecified atom stereocenters. The first kappa shape index (κ1) is 20.3. The van der Waals surface area contributed by atoms with Crippen molar-refractivity contribution in [3.63, 3.8) is 0 Å². The van der Waals surface area contributed by atoms with Crippen LogP contribution in [0.4, 0.5) is 0 Å². The van der Waals surface area contributed by atoms with Crippen LogP contribution in [0.15, 0.2) is 94.7 Å². The Morgan fingerprint density at radius 3 is 1.26 bits per heavy atom. The SMILES string of the molecule is O=S(=O)(c1ccccc1-c1ccc(O)c(O)c1)c1ccccc1-c1ccc(O)c(O)c1. The average molecular weight is 434 g/mol. The molecule has 0 aliphatic rings. The van der Waals surface area contributed by atoms with E-state index in [-0.39, 0.29) is 32.8 Å². The molecule has 6 nitrogen and oxygen atoms in total. The summed E-state index contributed by atoms with van der Waals surface area (Å²) < 4.78 is 27.4. The van der Waals surface area contributed by atoms with Gasteiger partial charge < -0.3 is 20.4 Å². The van der Waals surface area contributed by atoms with Gasteiger partial charge in [-0.2, -0.15) is 0 Å². The Balaban J connectivity index is 1.92. The van der Waals surface area contributed by atoms with Crippen molar-refractivity contribution < 1.29 is 28.8 Å². The van der Waals surface area contributed by atoms with Crippen LogP contribution >= 0.6 is 0 Å². The van der Waals surface area contributed by atoms with E-state index in [1.54, 1.807) is 36.4 Å². The molecule has 0 atom stereocenters. The van der Waals surface area contributed by atoms with Crippen molar-refractivity contribution >= 4 is 9.84 Å². The molecule has 0 heterocycles. The Labute approximate surface area is 178 Å². The van der Waals surface area contributed by atoms with Crippen LogP contribution in [0.5, 0.6) is 23.0 Å². The molecular formula is C24H18O6S. The van der Waals surface area contributed by atoms with Gasteiger partial charge >= 0.3 is 0 Å². The number of hydrogen-bond donors (Lipinski definition) is 4. The molecule has 0 aliphatic carbocycles. The van der Waals surface area contributed by atoms with Gasteiger partial charge in [-0.05, 0) is 47.5 Å². The van der Waals surface area contributed by atoms with Crippen molar-refractivity contribution in [1.29, 1.82) is 0 Å². The van der Waals surface area contributed by atoms with E-state index in [9.17, 15) is 28.8 Å². The van der Waals surface area contributed by atoms with Crippen LogP contribution in [0.3, 0.4) is 0 Å². The number of phenols is 4. The fourth-order valence-corrected chi connectivity index (χ4v) is 5.08. The summed E-state index contributed by atoms with van der Waals surface area (Å²) in [6.07, 6.45) is 0. The van der Waals surface area contributed by atoms with Gasteiger partial charge in [0, 0.05) is 11.1 Å². The molecule has 0 bridgehead atoms. The minimum absolute atomic E-state index is 0.0236. The second-order valence-corrected chi connectivity index (χ2v) is 8.79. The Morgan fingerprint density at radius 1 is 0.484 bits per heavy atom. The van der Waals surface area contributed by atoms with Gasteiger partial charge in [-0.25, -0.2) is 8.42 Å². The highest BCUT2D eigenvalue weighted by molar-refractivity contribution is 7.91. The minimum atomic E-state index is -4.03. The summed E-state index contributed by atoms with van der Waals surface area (Å²) in [4.78, 5) is 0.0473. The van der Waals surface area contributed by atoms with E-state index in [2.05, 4.69) is 0 Å². The lowest BCUT2D eigenvalue weighted by Gasteiger charge is -2.15. The predicted molar refractivity (Wildman–Crippen MR) is 116 cm³/mol. The summed E-state index contributed by atoms with van der Waals surface area (Å²) in [6.45, 7) is 0. The van der Waals surface area contributed by atoms with Crippen molar-refractivity contribution in [2.75, 3.05) is 0 Å². The molecule has 0 fully saturated rings. The third-order valence-electron chi connectivity index (χ3n) is 4.93. The van der Waals surface area contributed by atoms with Crippen LogP contribution < -0.4 is 0 Å². The highest BCUT2D eigenvalue weighted by Gasteiger charge is 2.25. The fourth-order valence-electron chi connectivity index (χ4n) is 3.38. The largest absolute Gasteiger partial charge is 0.504 e. The molecule has 0 aromatic heterocycles. The summed E-state index contributed by atoms with van der Waals surface area (Å²) >= 11 is 0. The maximum atomic E-state index is 13.7. The van der Waals surface area contributed by atoms with Gasteiger partial charge in [0.05, 0.1) is 9.79 Å². The normalized spacial score (nSPS) is 11.4. The van der Waals surface area contributed by atoms with Gasteiger partial charge in [-0.15, -0.1) is 0 Å². The van der Waals surface area contributed by atoms with E-state index in [1.807, 2.05) is 0 Å². The molecule has 0 amide bonds. The quantitative estimate of drug-likeness (QED) is 0.347. The van der Waals surface area contributed by atoms with Crippen molar-refractivity contribution in [1.82, 2.24) is 0 Å². The Kier molecular flexibility index (Phi) is 5.04. The lowest BCUT2D eigenvalue weighted by atomic mass is 10.0. The lowest BCUT2D eigenvalue weighted by molar-refractivity contribution is 0.404. The first-order valence-electron chi connectivity index (χ1n) is 9.27. The summed E-state index contributed by atoms with van der Waals surface area (Å²) in [5.41, 5.74) is 1.57.